The van der Waals surface area contributed by atoms with Crippen molar-refractivity contribution in [3.05, 3.63) is 23.8 Å². The van der Waals surface area contributed by atoms with Gasteiger partial charge in [0.2, 0.25) is 0 Å². The first-order valence-electron chi connectivity index (χ1n) is 6.21. The molecule has 6 nitrogen and oxygen atoms in total. The van der Waals surface area contributed by atoms with Crippen LogP contribution in [0.5, 0.6) is 5.75 Å². The summed E-state index contributed by atoms with van der Waals surface area (Å²) in [6.45, 7) is 2.56. The highest BCUT2D eigenvalue weighted by molar-refractivity contribution is 8.09. The molecule has 0 spiro atoms. The number of carboxylic acid groups (broad SMARTS) is 1. The Morgan fingerprint density at radius 3 is 2.75 bits per heavy atom. The molecule has 0 bridgehead atoms. The molecule has 0 atom stereocenters. The van der Waals surface area contributed by atoms with Crippen LogP contribution in [0.25, 0.3) is 0 Å². The van der Waals surface area contributed by atoms with Gasteiger partial charge >= 0.3 is 11.2 Å². The monoisotopic (exact) mass is 299 g/mol. The Hall–Kier alpha value is -1.73. The molecule has 0 saturated heterocycles. The van der Waals surface area contributed by atoms with Crippen LogP contribution < -0.4 is 5.32 Å². The van der Waals surface area contributed by atoms with E-state index in [0.717, 1.165) is 19.3 Å². The second-order valence-electron chi connectivity index (χ2n) is 4.06. The number of aromatic hydroxyl groups is 1. The molecule has 0 fully saturated rings. The number of hydrogen-bond donors (Lipinski definition) is 3. The second-order valence-corrected chi connectivity index (χ2v) is 4.84. The fourth-order valence-corrected chi connectivity index (χ4v) is 1.90. The van der Waals surface area contributed by atoms with Gasteiger partial charge in [0.15, 0.2) is 0 Å². The van der Waals surface area contributed by atoms with E-state index in [2.05, 4.69) is 12.2 Å². The molecule has 0 unspecified atom stereocenters. The molecule has 110 valence electrons. The third-order valence-corrected chi connectivity index (χ3v) is 2.98. The molecule has 0 aliphatic rings. The highest BCUT2D eigenvalue weighted by Crippen LogP contribution is 2.22. The molecule has 7 heteroatoms. The number of carboxylic acids is 1. The SMILES string of the molecule is CCCCCOSC(=O)Nc1ccc(O)c(C(=O)O)c1. The summed E-state index contributed by atoms with van der Waals surface area (Å²) in [6, 6.07) is 3.82. The first-order chi connectivity index (χ1) is 9.54. The normalized spacial score (nSPS) is 10.2. The average molecular weight is 299 g/mol. The standard InChI is InChI=1S/C13H17NO5S/c1-2-3-4-7-19-20-13(18)14-9-5-6-11(15)10(8-9)12(16)17/h5-6,8,15H,2-4,7H2,1H3,(H,14,18)(H,16,17). The number of benzene rings is 1. The second kappa shape index (κ2) is 8.44. The number of anilines is 1. The molecular weight excluding hydrogens is 282 g/mol. The van der Waals surface area contributed by atoms with Crippen molar-refractivity contribution >= 4 is 28.9 Å². The quantitative estimate of drug-likeness (QED) is 0.405. The van der Waals surface area contributed by atoms with E-state index in [4.69, 9.17) is 9.29 Å². The Bertz CT molecular complexity index is 478. The number of unbranched alkanes of at least 4 members (excludes halogenated alkanes) is 2. The van der Waals surface area contributed by atoms with Gasteiger partial charge < -0.3 is 19.7 Å². The van der Waals surface area contributed by atoms with Crippen molar-refractivity contribution in [2.24, 2.45) is 0 Å². The van der Waals surface area contributed by atoms with Gasteiger partial charge in [-0.1, -0.05) is 19.8 Å². The Labute approximate surface area is 121 Å². The maximum Gasteiger partial charge on any atom is 0.339 e. The molecule has 1 aromatic rings. The van der Waals surface area contributed by atoms with Gasteiger partial charge in [0.1, 0.15) is 11.3 Å². The van der Waals surface area contributed by atoms with Crippen molar-refractivity contribution < 1.29 is 24.0 Å². The summed E-state index contributed by atoms with van der Waals surface area (Å²) < 4.78 is 5.11. The number of carbonyl (C=O) groups is 2. The molecule has 1 amide bonds. The minimum atomic E-state index is -1.26. The lowest BCUT2D eigenvalue weighted by Gasteiger charge is -2.06. The van der Waals surface area contributed by atoms with Crippen molar-refractivity contribution in [3.63, 3.8) is 0 Å². The number of aromatic carboxylic acids is 1. The number of amides is 1. The fourth-order valence-electron chi connectivity index (χ4n) is 1.43. The summed E-state index contributed by atoms with van der Waals surface area (Å²) in [5.74, 6) is -1.61. The Morgan fingerprint density at radius 2 is 2.10 bits per heavy atom. The Morgan fingerprint density at radius 1 is 1.35 bits per heavy atom. The van der Waals surface area contributed by atoms with Gasteiger partial charge in [0.25, 0.3) is 0 Å². The van der Waals surface area contributed by atoms with Gasteiger partial charge in [-0.05, 0) is 24.6 Å². The zero-order valence-corrected chi connectivity index (χ0v) is 11.9. The van der Waals surface area contributed by atoms with E-state index in [1.807, 2.05) is 0 Å². The lowest BCUT2D eigenvalue weighted by molar-refractivity contribution is 0.0693. The minimum Gasteiger partial charge on any atom is -0.507 e. The predicted octanol–water partition coefficient (Wildman–Crippen LogP) is 3.48. The number of nitrogens with one attached hydrogen (secondary N) is 1. The molecule has 1 rings (SSSR count). The van der Waals surface area contributed by atoms with E-state index in [1.165, 1.54) is 18.2 Å². The van der Waals surface area contributed by atoms with Gasteiger partial charge in [-0.15, -0.1) is 0 Å². The molecule has 0 radical (unpaired) electrons. The van der Waals surface area contributed by atoms with Gasteiger partial charge in [-0.2, -0.15) is 0 Å². The average Bonchev–Trinajstić information content (AvgIpc) is 2.40. The van der Waals surface area contributed by atoms with Gasteiger partial charge in [0.05, 0.1) is 18.6 Å². The van der Waals surface area contributed by atoms with Crippen LogP contribution in [-0.4, -0.2) is 28.0 Å². The molecule has 0 aliphatic heterocycles. The van der Waals surface area contributed by atoms with Crippen LogP contribution in [0.4, 0.5) is 10.5 Å². The van der Waals surface area contributed by atoms with Crippen molar-refractivity contribution in [1.82, 2.24) is 0 Å². The van der Waals surface area contributed by atoms with Crippen LogP contribution >= 0.6 is 12.0 Å². The van der Waals surface area contributed by atoms with Gasteiger partial charge in [0, 0.05) is 5.69 Å². The fraction of sp³-hybridized carbons (Fsp3) is 0.385. The summed E-state index contributed by atoms with van der Waals surface area (Å²) in [7, 11) is 0. The lowest BCUT2D eigenvalue weighted by Crippen LogP contribution is -2.07. The maximum absolute atomic E-state index is 11.5. The smallest absolute Gasteiger partial charge is 0.339 e. The Balaban J connectivity index is 2.46. The van der Waals surface area contributed by atoms with E-state index in [-0.39, 0.29) is 17.0 Å². The minimum absolute atomic E-state index is 0.267. The lowest BCUT2D eigenvalue weighted by atomic mass is 10.2. The molecule has 1 aromatic carbocycles. The Kier molecular flexibility index (Phi) is 6.89. The van der Waals surface area contributed by atoms with E-state index < -0.39 is 11.2 Å². The zero-order valence-electron chi connectivity index (χ0n) is 11.1. The predicted molar refractivity (Wildman–Crippen MR) is 77.2 cm³/mol. The van der Waals surface area contributed by atoms with E-state index in [9.17, 15) is 14.7 Å². The first-order valence-corrected chi connectivity index (χ1v) is 6.95. The molecule has 0 heterocycles. The van der Waals surface area contributed by atoms with Crippen LogP contribution in [0, 0.1) is 0 Å². The number of phenols is 1. The van der Waals surface area contributed by atoms with Crippen LogP contribution in [0.2, 0.25) is 0 Å². The number of carbonyl (C=O) groups excluding carboxylic acids is 1. The van der Waals surface area contributed by atoms with Crippen LogP contribution in [-0.2, 0) is 4.18 Å². The van der Waals surface area contributed by atoms with Crippen molar-refractivity contribution in [1.29, 1.82) is 0 Å². The van der Waals surface area contributed by atoms with Gasteiger partial charge in [-0.25, -0.2) is 4.79 Å². The molecular formula is C13H17NO5S. The third-order valence-electron chi connectivity index (χ3n) is 2.44. The van der Waals surface area contributed by atoms with Crippen molar-refractivity contribution in [2.75, 3.05) is 11.9 Å². The van der Waals surface area contributed by atoms with Crippen LogP contribution in [0.3, 0.4) is 0 Å². The maximum atomic E-state index is 11.5. The highest BCUT2D eigenvalue weighted by Gasteiger charge is 2.12. The summed E-state index contributed by atoms with van der Waals surface area (Å²) in [6.07, 6.45) is 3.01. The third kappa shape index (κ3) is 5.50. The topological polar surface area (TPSA) is 95.9 Å². The summed E-state index contributed by atoms with van der Waals surface area (Å²) in [5.41, 5.74) is 0.0199. The largest absolute Gasteiger partial charge is 0.507 e. The molecule has 0 aliphatic carbocycles. The van der Waals surface area contributed by atoms with E-state index in [0.29, 0.717) is 18.6 Å². The summed E-state index contributed by atoms with van der Waals surface area (Å²) in [5, 5.41) is 20.2. The molecule has 0 aromatic heterocycles. The van der Waals surface area contributed by atoms with Crippen molar-refractivity contribution in [3.8, 4) is 5.75 Å². The number of hydrogen-bond acceptors (Lipinski definition) is 5. The first kappa shape index (κ1) is 16.3. The number of rotatable bonds is 7. The molecule has 20 heavy (non-hydrogen) atoms. The summed E-state index contributed by atoms with van der Waals surface area (Å²) in [4.78, 5) is 22.4. The van der Waals surface area contributed by atoms with Crippen LogP contribution in [0.1, 0.15) is 36.5 Å². The van der Waals surface area contributed by atoms with E-state index >= 15 is 0 Å². The molecule has 0 saturated carbocycles. The van der Waals surface area contributed by atoms with Gasteiger partial charge in [-0.3, -0.25) is 4.79 Å². The van der Waals surface area contributed by atoms with Crippen molar-refractivity contribution in [2.45, 2.75) is 26.2 Å². The summed E-state index contributed by atoms with van der Waals surface area (Å²) >= 11 is 0.680. The molecule has 3 N–H and O–H groups in total. The zero-order chi connectivity index (χ0) is 15.0. The van der Waals surface area contributed by atoms with E-state index in [1.54, 1.807) is 0 Å². The highest BCUT2D eigenvalue weighted by atomic mass is 32.2. The van der Waals surface area contributed by atoms with Crippen LogP contribution in [0.15, 0.2) is 18.2 Å².